The summed E-state index contributed by atoms with van der Waals surface area (Å²) in [6.07, 6.45) is 0. The van der Waals surface area contributed by atoms with Crippen LogP contribution in [0.1, 0.15) is 0 Å². The topological polar surface area (TPSA) is 83.7 Å². The number of fused-ring (bicyclic) bond motifs is 1. The second-order valence-electron chi connectivity index (χ2n) is 3.95. The highest BCUT2D eigenvalue weighted by molar-refractivity contribution is 6.06. The van der Waals surface area contributed by atoms with Gasteiger partial charge in [0, 0.05) is 20.1 Å². The molecule has 2 N–H and O–H groups in total. The number of hydrogen-bond acceptors (Lipinski definition) is 4. The molecule has 0 bridgehead atoms. The Morgan fingerprint density at radius 1 is 1.33 bits per heavy atom. The van der Waals surface area contributed by atoms with E-state index < -0.39 is 0 Å². The van der Waals surface area contributed by atoms with E-state index >= 15 is 0 Å². The van der Waals surface area contributed by atoms with Crippen LogP contribution in [0.2, 0.25) is 0 Å². The maximum absolute atomic E-state index is 11.6. The zero-order valence-electron chi connectivity index (χ0n) is 8.47. The van der Waals surface area contributed by atoms with Gasteiger partial charge in [-0.05, 0) is 0 Å². The van der Waals surface area contributed by atoms with Crippen LogP contribution < -0.4 is 5.73 Å². The molecule has 2 fully saturated rings. The average Bonchev–Trinajstić information content (AvgIpc) is 2.75. The number of nitrogens with zero attached hydrogens (tertiary/aromatic N) is 2. The molecule has 0 saturated carbocycles. The summed E-state index contributed by atoms with van der Waals surface area (Å²) in [5.74, 6) is -1.27. The average molecular weight is 211 g/mol. The number of rotatable bonds is 1. The van der Waals surface area contributed by atoms with Crippen molar-refractivity contribution in [1.82, 2.24) is 9.80 Å². The van der Waals surface area contributed by atoms with Crippen LogP contribution in [-0.2, 0) is 14.4 Å². The molecule has 2 atom stereocenters. The minimum Gasteiger partial charge on any atom is -0.340 e. The Kier molecular flexibility index (Phi) is 2.22. The number of hydrogen-bond donors (Lipinski definition) is 1. The van der Waals surface area contributed by atoms with Crippen LogP contribution in [0.15, 0.2) is 0 Å². The minimum absolute atomic E-state index is 0.0718. The van der Waals surface area contributed by atoms with E-state index in [9.17, 15) is 14.4 Å². The van der Waals surface area contributed by atoms with E-state index in [1.165, 1.54) is 11.9 Å². The first-order chi connectivity index (χ1) is 7.06. The number of carbonyl (C=O) groups is 3. The van der Waals surface area contributed by atoms with Crippen LogP contribution in [-0.4, -0.2) is 54.2 Å². The van der Waals surface area contributed by atoms with Gasteiger partial charge in [-0.2, -0.15) is 0 Å². The third-order valence-corrected chi connectivity index (χ3v) is 3.14. The quantitative estimate of drug-likeness (QED) is 0.509. The van der Waals surface area contributed by atoms with Gasteiger partial charge in [-0.25, -0.2) is 0 Å². The molecule has 2 aliphatic heterocycles. The van der Waals surface area contributed by atoms with Crippen LogP contribution in [0.3, 0.4) is 0 Å². The molecule has 6 heteroatoms. The van der Waals surface area contributed by atoms with Crippen LogP contribution in [0.5, 0.6) is 0 Å². The highest BCUT2D eigenvalue weighted by Crippen LogP contribution is 2.32. The van der Waals surface area contributed by atoms with Crippen molar-refractivity contribution >= 4 is 17.7 Å². The SMILES string of the molecule is CN1C(=O)C2CN(C(=O)CN)CC2C1=O. The van der Waals surface area contributed by atoms with Crippen molar-refractivity contribution in [3.05, 3.63) is 0 Å². The van der Waals surface area contributed by atoms with E-state index in [1.807, 2.05) is 0 Å². The number of imide groups is 1. The Morgan fingerprint density at radius 2 is 1.80 bits per heavy atom. The van der Waals surface area contributed by atoms with E-state index in [1.54, 1.807) is 0 Å². The lowest BCUT2D eigenvalue weighted by molar-refractivity contribution is -0.139. The Morgan fingerprint density at radius 3 is 2.20 bits per heavy atom. The van der Waals surface area contributed by atoms with Gasteiger partial charge in [0.2, 0.25) is 17.7 Å². The molecule has 2 aliphatic rings. The molecule has 6 nitrogen and oxygen atoms in total. The van der Waals surface area contributed by atoms with Gasteiger partial charge in [-0.3, -0.25) is 19.3 Å². The predicted octanol–water partition coefficient (Wildman–Crippen LogP) is -1.98. The molecule has 3 amide bonds. The number of amides is 3. The molecule has 0 spiro atoms. The summed E-state index contributed by atoms with van der Waals surface area (Å²) in [7, 11) is 1.48. The third kappa shape index (κ3) is 1.32. The predicted molar refractivity (Wildman–Crippen MR) is 50.4 cm³/mol. The summed E-state index contributed by atoms with van der Waals surface area (Å²) in [5, 5.41) is 0. The summed E-state index contributed by atoms with van der Waals surface area (Å²) in [4.78, 5) is 37.1. The normalized spacial score (nSPS) is 30.0. The maximum Gasteiger partial charge on any atom is 0.236 e. The van der Waals surface area contributed by atoms with Gasteiger partial charge in [0.25, 0.3) is 0 Å². The molecule has 2 unspecified atom stereocenters. The molecule has 2 rings (SSSR count). The first kappa shape index (κ1) is 10.1. The minimum atomic E-state index is -0.349. The van der Waals surface area contributed by atoms with Gasteiger partial charge >= 0.3 is 0 Å². The van der Waals surface area contributed by atoms with Gasteiger partial charge in [-0.1, -0.05) is 0 Å². The van der Waals surface area contributed by atoms with E-state index in [-0.39, 0.29) is 36.1 Å². The van der Waals surface area contributed by atoms with E-state index in [2.05, 4.69) is 0 Å². The lowest BCUT2D eigenvalue weighted by atomic mass is 10.00. The molecule has 82 valence electrons. The van der Waals surface area contributed by atoms with E-state index in [0.29, 0.717) is 13.1 Å². The molecular formula is C9H13N3O3. The second-order valence-corrected chi connectivity index (χ2v) is 3.95. The summed E-state index contributed by atoms with van der Waals surface area (Å²) >= 11 is 0. The number of nitrogens with two attached hydrogens (primary N) is 1. The Labute approximate surface area is 87.0 Å². The van der Waals surface area contributed by atoms with Crippen LogP contribution in [0, 0.1) is 11.8 Å². The lowest BCUT2D eigenvalue weighted by Crippen LogP contribution is -2.38. The van der Waals surface area contributed by atoms with Crippen molar-refractivity contribution in [1.29, 1.82) is 0 Å². The van der Waals surface area contributed by atoms with Gasteiger partial charge in [0.05, 0.1) is 18.4 Å². The fourth-order valence-electron chi connectivity index (χ4n) is 2.24. The van der Waals surface area contributed by atoms with Crippen molar-refractivity contribution < 1.29 is 14.4 Å². The fourth-order valence-corrected chi connectivity index (χ4v) is 2.24. The monoisotopic (exact) mass is 211 g/mol. The Hall–Kier alpha value is -1.43. The van der Waals surface area contributed by atoms with Gasteiger partial charge in [0.1, 0.15) is 0 Å². The molecule has 0 aromatic carbocycles. The molecule has 2 saturated heterocycles. The molecule has 0 aromatic rings. The molecule has 0 aliphatic carbocycles. The fraction of sp³-hybridized carbons (Fsp3) is 0.667. The van der Waals surface area contributed by atoms with Crippen molar-refractivity contribution in [3.63, 3.8) is 0 Å². The van der Waals surface area contributed by atoms with Crippen LogP contribution >= 0.6 is 0 Å². The maximum atomic E-state index is 11.6. The molecule has 15 heavy (non-hydrogen) atoms. The Bertz CT molecular complexity index is 317. The second kappa shape index (κ2) is 3.30. The highest BCUT2D eigenvalue weighted by atomic mass is 16.2. The van der Waals surface area contributed by atoms with E-state index in [0.717, 1.165) is 4.90 Å². The first-order valence-electron chi connectivity index (χ1n) is 4.85. The zero-order valence-corrected chi connectivity index (χ0v) is 8.47. The van der Waals surface area contributed by atoms with E-state index in [4.69, 9.17) is 5.73 Å². The molecular weight excluding hydrogens is 198 g/mol. The van der Waals surface area contributed by atoms with Gasteiger partial charge < -0.3 is 10.6 Å². The van der Waals surface area contributed by atoms with Crippen LogP contribution in [0.4, 0.5) is 0 Å². The van der Waals surface area contributed by atoms with Crippen molar-refractivity contribution in [3.8, 4) is 0 Å². The molecule has 0 aromatic heterocycles. The van der Waals surface area contributed by atoms with Crippen molar-refractivity contribution in [2.45, 2.75) is 0 Å². The molecule has 2 heterocycles. The first-order valence-corrected chi connectivity index (χ1v) is 4.85. The summed E-state index contributed by atoms with van der Waals surface area (Å²) in [5.41, 5.74) is 5.23. The summed E-state index contributed by atoms with van der Waals surface area (Å²) in [6.45, 7) is 0.586. The number of carbonyl (C=O) groups excluding carboxylic acids is 3. The molecule has 0 radical (unpaired) electrons. The van der Waals surface area contributed by atoms with Crippen LogP contribution in [0.25, 0.3) is 0 Å². The zero-order chi connectivity index (χ0) is 11.2. The summed E-state index contributed by atoms with van der Waals surface area (Å²) < 4.78 is 0. The van der Waals surface area contributed by atoms with Crippen molar-refractivity contribution in [2.24, 2.45) is 17.6 Å². The number of likely N-dealkylation sites (tertiary alicyclic amines) is 2. The lowest BCUT2D eigenvalue weighted by Gasteiger charge is -2.17. The van der Waals surface area contributed by atoms with Gasteiger partial charge in [-0.15, -0.1) is 0 Å². The largest absolute Gasteiger partial charge is 0.340 e. The Balaban J connectivity index is 2.15. The standard InChI is InChI=1S/C9H13N3O3/c1-11-8(14)5-3-12(7(13)2-10)4-6(5)9(11)15/h5-6H,2-4,10H2,1H3. The smallest absolute Gasteiger partial charge is 0.236 e. The summed E-state index contributed by atoms with van der Waals surface area (Å²) in [6, 6.07) is 0. The third-order valence-electron chi connectivity index (χ3n) is 3.14. The van der Waals surface area contributed by atoms with Gasteiger partial charge in [0.15, 0.2) is 0 Å². The highest BCUT2D eigenvalue weighted by Gasteiger charge is 2.51. The van der Waals surface area contributed by atoms with Crippen molar-refractivity contribution in [2.75, 3.05) is 26.7 Å².